The third-order valence-corrected chi connectivity index (χ3v) is 3.06. The second kappa shape index (κ2) is 6.71. The number of rotatable bonds is 4. The monoisotopic (exact) mass is 287 g/mol. The summed E-state index contributed by atoms with van der Waals surface area (Å²) in [7, 11) is 1.60. The zero-order valence-corrected chi connectivity index (χ0v) is 11.6. The molecule has 1 aromatic carbocycles. The molecule has 0 saturated heterocycles. The number of carbonyl (C=O) groups excluding carboxylic acids is 1. The van der Waals surface area contributed by atoms with Crippen molar-refractivity contribution in [1.29, 1.82) is 0 Å². The zero-order chi connectivity index (χ0) is 15.2. The molecular weight excluding hydrogens is 270 g/mol. The van der Waals surface area contributed by atoms with Crippen LogP contribution in [-0.2, 0) is 7.05 Å². The summed E-state index contributed by atoms with van der Waals surface area (Å²) in [5.41, 5.74) is 0.672. The number of urea groups is 1. The third kappa shape index (κ3) is 3.70. The lowest BCUT2D eigenvalue weighted by molar-refractivity contribution is 0.225. The highest BCUT2D eigenvalue weighted by molar-refractivity contribution is 5.89. The number of hydrogen-bond donors (Lipinski definition) is 3. The summed E-state index contributed by atoms with van der Waals surface area (Å²) in [4.78, 5) is 23.7. The highest BCUT2D eigenvalue weighted by Gasteiger charge is 2.14. The number of aliphatic hydroxyl groups is 1. The van der Waals surface area contributed by atoms with Crippen LogP contribution in [0.1, 0.15) is 11.6 Å². The van der Waals surface area contributed by atoms with Gasteiger partial charge in [-0.3, -0.25) is 4.79 Å². The molecule has 1 heterocycles. The molecule has 110 valence electrons. The van der Waals surface area contributed by atoms with Crippen molar-refractivity contribution in [3.8, 4) is 0 Å². The van der Waals surface area contributed by atoms with Crippen molar-refractivity contribution in [1.82, 2.24) is 9.88 Å². The second-order valence-corrected chi connectivity index (χ2v) is 4.58. The van der Waals surface area contributed by atoms with E-state index in [9.17, 15) is 14.7 Å². The van der Waals surface area contributed by atoms with Crippen LogP contribution >= 0.6 is 0 Å². The Morgan fingerprint density at radius 2 is 1.95 bits per heavy atom. The number of anilines is 1. The van der Waals surface area contributed by atoms with Crippen LogP contribution in [0.25, 0.3) is 0 Å². The van der Waals surface area contributed by atoms with Crippen molar-refractivity contribution < 1.29 is 9.90 Å². The van der Waals surface area contributed by atoms with Crippen molar-refractivity contribution >= 4 is 11.7 Å². The number of pyridine rings is 1. The van der Waals surface area contributed by atoms with Gasteiger partial charge >= 0.3 is 6.03 Å². The minimum Gasteiger partial charge on any atom is -0.394 e. The van der Waals surface area contributed by atoms with E-state index in [2.05, 4.69) is 10.6 Å². The van der Waals surface area contributed by atoms with Crippen LogP contribution in [0.5, 0.6) is 0 Å². The quantitative estimate of drug-likeness (QED) is 0.791. The molecule has 0 aliphatic rings. The molecule has 1 atom stereocenters. The smallest absolute Gasteiger partial charge is 0.319 e. The number of aromatic nitrogens is 1. The largest absolute Gasteiger partial charge is 0.394 e. The normalized spacial score (nSPS) is 11.7. The first-order chi connectivity index (χ1) is 10.1. The maximum Gasteiger partial charge on any atom is 0.319 e. The van der Waals surface area contributed by atoms with Crippen molar-refractivity contribution in [2.75, 3.05) is 11.9 Å². The van der Waals surface area contributed by atoms with Gasteiger partial charge in [-0.25, -0.2) is 4.79 Å². The predicted octanol–water partition coefficient (Wildman–Crippen LogP) is 1.24. The molecule has 0 aliphatic carbocycles. The Morgan fingerprint density at radius 3 is 2.62 bits per heavy atom. The van der Waals surface area contributed by atoms with Gasteiger partial charge in [0, 0.05) is 13.2 Å². The highest BCUT2D eigenvalue weighted by atomic mass is 16.3. The number of amides is 2. The summed E-state index contributed by atoms with van der Waals surface area (Å²) in [5.74, 6) is 0. The van der Waals surface area contributed by atoms with E-state index in [0.29, 0.717) is 0 Å². The maximum atomic E-state index is 11.9. The number of carbonyl (C=O) groups is 1. The van der Waals surface area contributed by atoms with Gasteiger partial charge in [0.25, 0.3) is 5.56 Å². The first-order valence-corrected chi connectivity index (χ1v) is 6.51. The third-order valence-electron chi connectivity index (χ3n) is 3.06. The summed E-state index contributed by atoms with van der Waals surface area (Å²) in [6.07, 6.45) is 1.60. The molecule has 0 radical (unpaired) electrons. The van der Waals surface area contributed by atoms with Gasteiger partial charge in [0.15, 0.2) is 0 Å². The fraction of sp³-hybridized carbons (Fsp3) is 0.200. The van der Waals surface area contributed by atoms with Gasteiger partial charge in [-0.1, -0.05) is 30.3 Å². The van der Waals surface area contributed by atoms with Gasteiger partial charge < -0.3 is 20.3 Å². The van der Waals surface area contributed by atoms with Crippen LogP contribution in [0.4, 0.5) is 10.5 Å². The molecule has 0 aliphatic heterocycles. The van der Waals surface area contributed by atoms with Crippen LogP contribution in [-0.4, -0.2) is 22.3 Å². The fourth-order valence-corrected chi connectivity index (χ4v) is 1.93. The Kier molecular flexibility index (Phi) is 4.73. The number of hydrogen-bond acceptors (Lipinski definition) is 3. The molecule has 1 aromatic heterocycles. The minimum absolute atomic E-state index is 0.183. The maximum absolute atomic E-state index is 11.9. The molecule has 6 nitrogen and oxygen atoms in total. The number of aryl methyl sites for hydroxylation is 1. The minimum atomic E-state index is -0.541. The molecule has 2 aromatic rings. The fourth-order valence-electron chi connectivity index (χ4n) is 1.93. The van der Waals surface area contributed by atoms with Gasteiger partial charge in [0.2, 0.25) is 0 Å². The first-order valence-electron chi connectivity index (χ1n) is 6.51. The SMILES string of the molecule is Cn1cccc(NC(=O)N[C@H](CO)c2ccccc2)c1=O. The van der Waals surface area contributed by atoms with Gasteiger partial charge in [-0.05, 0) is 17.7 Å². The van der Waals surface area contributed by atoms with Gasteiger partial charge in [-0.15, -0.1) is 0 Å². The number of nitrogens with one attached hydrogen (secondary N) is 2. The van der Waals surface area contributed by atoms with Crippen LogP contribution < -0.4 is 16.2 Å². The van der Waals surface area contributed by atoms with E-state index in [1.807, 2.05) is 30.3 Å². The number of nitrogens with zero attached hydrogens (tertiary/aromatic N) is 1. The molecule has 0 fully saturated rings. The lowest BCUT2D eigenvalue weighted by Crippen LogP contribution is -2.36. The summed E-state index contributed by atoms with van der Waals surface area (Å²) in [6, 6.07) is 11.2. The second-order valence-electron chi connectivity index (χ2n) is 4.58. The van der Waals surface area contributed by atoms with E-state index in [0.717, 1.165) is 5.56 Å². The molecule has 6 heteroatoms. The van der Waals surface area contributed by atoms with Crippen molar-refractivity contribution in [3.05, 3.63) is 64.6 Å². The highest BCUT2D eigenvalue weighted by Crippen LogP contribution is 2.11. The van der Waals surface area contributed by atoms with E-state index >= 15 is 0 Å². The number of aliphatic hydroxyl groups excluding tert-OH is 1. The Balaban J connectivity index is 2.07. The van der Waals surface area contributed by atoms with Crippen molar-refractivity contribution in [2.24, 2.45) is 7.05 Å². The molecule has 0 spiro atoms. The van der Waals surface area contributed by atoms with Crippen LogP contribution in [0.2, 0.25) is 0 Å². The average molecular weight is 287 g/mol. The van der Waals surface area contributed by atoms with Crippen molar-refractivity contribution in [2.45, 2.75) is 6.04 Å². The Morgan fingerprint density at radius 1 is 1.24 bits per heavy atom. The van der Waals surface area contributed by atoms with E-state index in [-0.39, 0.29) is 17.9 Å². The van der Waals surface area contributed by atoms with Gasteiger partial charge in [0.1, 0.15) is 5.69 Å². The molecule has 0 unspecified atom stereocenters. The van der Waals surface area contributed by atoms with Crippen LogP contribution in [0.15, 0.2) is 53.5 Å². The average Bonchev–Trinajstić information content (AvgIpc) is 2.50. The molecule has 0 bridgehead atoms. The lowest BCUT2D eigenvalue weighted by Gasteiger charge is -2.17. The summed E-state index contributed by atoms with van der Waals surface area (Å²) < 4.78 is 1.37. The topological polar surface area (TPSA) is 83.4 Å². The Labute approximate surface area is 122 Å². The standard InChI is InChI=1S/C15H17N3O3/c1-18-9-5-8-12(14(18)20)16-15(21)17-13(10-19)11-6-3-2-4-7-11/h2-9,13,19H,10H2,1H3,(H2,16,17,21)/t13-/m1/s1. The van der Waals surface area contributed by atoms with Crippen LogP contribution in [0, 0.1) is 0 Å². The lowest BCUT2D eigenvalue weighted by atomic mass is 10.1. The van der Waals surface area contributed by atoms with Crippen LogP contribution in [0.3, 0.4) is 0 Å². The molecule has 2 rings (SSSR count). The van der Waals surface area contributed by atoms with E-state index < -0.39 is 12.1 Å². The molecule has 0 saturated carbocycles. The van der Waals surface area contributed by atoms with E-state index in [1.54, 1.807) is 19.3 Å². The molecule has 3 N–H and O–H groups in total. The summed E-state index contributed by atoms with van der Waals surface area (Å²) in [5, 5.41) is 14.5. The van der Waals surface area contributed by atoms with E-state index in [4.69, 9.17) is 0 Å². The zero-order valence-electron chi connectivity index (χ0n) is 11.6. The predicted molar refractivity (Wildman–Crippen MR) is 80.1 cm³/mol. The van der Waals surface area contributed by atoms with Gasteiger partial charge in [0.05, 0.1) is 12.6 Å². The molecular formula is C15H17N3O3. The first kappa shape index (κ1) is 14.8. The summed E-state index contributed by atoms with van der Waals surface area (Å²) >= 11 is 0. The van der Waals surface area contributed by atoms with Crippen molar-refractivity contribution in [3.63, 3.8) is 0 Å². The Hall–Kier alpha value is -2.60. The summed E-state index contributed by atoms with van der Waals surface area (Å²) in [6.45, 7) is -0.232. The van der Waals surface area contributed by atoms with E-state index in [1.165, 1.54) is 10.6 Å². The molecule has 21 heavy (non-hydrogen) atoms. The van der Waals surface area contributed by atoms with Gasteiger partial charge in [-0.2, -0.15) is 0 Å². The molecule has 2 amide bonds. The Bertz CT molecular complexity index is 667. The number of benzene rings is 1.